The maximum Gasteiger partial charge on any atom is 0.409 e. The van der Waals surface area contributed by atoms with Crippen LogP contribution in [0, 0.1) is 29.1 Å². The zero-order valence-electron chi connectivity index (χ0n) is 48.2. The van der Waals surface area contributed by atoms with Gasteiger partial charge in [-0.15, -0.1) is 6.58 Å². The lowest BCUT2D eigenvalue weighted by Gasteiger charge is -2.43. The number of likely N-dealkylation sites (tertiary alicyclic amines) is 1. The molecule has 1 saturated carbocycles. The van der Waals surface area contributed by atoms with Crippen LogP contribution in [0.5, 0.6) is 5.75 Å². The monoisotopic (exact) mass is 1130 g/mol. The molecular weight excluding hydrogens is 1060 g/mol. The lowest BCUT2D eigenvalue weighted by atomic mass is 9.67. The Morgan fingerprint density at radius 3 is 2.43 bits per heavy atom. The van der Waals surface area contributed by atoms with Crippen LogP contribution in [0.1, 0.15) is 74.4 Å². The van der Waals surface area contributed by atoms with E-state index in [9.17, 15) is 29.4 Å². The van der Waals surface area contributed by atoms with Gasteiger partial charge in [-0.1, -0.05) is 69.3 Å². The highest BCUT2D eigenvalue weighted by Crippen LogP contribution is 2.58. The SMILES string of the molecule is C=C[C@@H](C)[C@@H](C(=O)N[C@H]1Cc2cc(O)cc(c2)-c2ccc3c(c2)c2c(n3CC)-c3cc(N4CCN(C(=O)OC)CC4)cnc3[C@@H](OC)C2C(C)(C)COC(=O)[C@H]2NN(CC3C[C@@H]32)C1=O)N(C)C(=O)[C@@H]1CN(C(=O)CO)C[C@@H]1c1ccccc1. The number of aryl methyl sites for hydroxylation is 1. The molecule has 6 heterocycles. The number of aromatic hydroxyl groups is 1. The van der Waals surface area contributed by atoms with E-state index in [4.69, 9.17) is 19.2 Å². The van der Waals surface area contributed by atoms with Gasteiger partial charge in [0.25, 0.3) is 5.91 Å². The molecule has 3 saturated heterocycles. The van der Waals surface area contributed by atoms with E-state index >= 15 is 9.59 Å². The Labute approximate surface area is 483 Å². The fourth-order valence-corrected chi connectivity index (χ4v) is 14.0. The lowest BCUT2D eigenvalue weighted by Crippen LogP contribution is -2.63. The molecule has 3 aromatic carbocycles. The third kappa shape index (κ3) is 10.5. The Balaban J connectivity index is 0.986. The number of aliphatic hydroxyl groups excluding tert-OH is 1. The first-order chi connectivity index (χ1) is 39.9. The van der Waals surface area contributed by atoms with Gasteiger partial charge >= 0.3 is 12.1 Å². The number of ether oxygens (including phenoxy) is 3. The number of likely N-dealkylation sites (N-methyl/N-ethyl adjacent to an activating group) is 1. The Morgan fingerprint density at radius 1 is 0.976 bits per heavy atom. The van der Waals surface area contributed by atoms with Crippen molar-refractivity contribution in [2.75, 3.05) is 85.2 Å². The Bertz CT molecular complexity index is 3380. The number of benzene rings is 3. The first kappa shape index (κ1) is 57.0. The van der Waals surface area contributed by atoms with E-state index in [-0.39, 0.29) is 56.3 Å². The van der Waals surface area contributed by atoms with Crippen molar-refractivity contribution in [2.45, 2.75) is 83.1 Å². The number of nitrogens with zero attached hydrogens (tertiary/aromatic N) is 7. The minimum absolute atomic E-state index is 0.0118. The summed E-state index contributed by atoms with van der Waals surface area (Å²) in [5, 5.41) is 26.9. The Kier molecular flexibility index (Phi) is 15.6. The van der Waals surface area contributed by atoms with Gasteiger partial charge in [0, 0.05) is 113 Å². The first-order valence-corrected chi connectivity index (χ1v) is 28.9. The van der Waals surface area contributed by atoms with Gasteiger partial charge in [0.05, 0.1) is 42.9 Å². The average Bonchev–Trinajstić information content (AvgIpc) is 3.78. The van der Waals surface area contributed by atoms with Gasteiger partial charge in [-0.25, -0.2) is 10.2 Å². The van der Waals surface area contributed by atoms with Crippen molar-refractivity contribution < 1.29 is 53.2 Å². The number of methoxy groups -OCH3 is 2. The summed E-state index contributed by atoms with van der Waals surface area (Å²) in [5.74, 6) is -4.94. The number of nitrogens with one attached hydrogen (secondary N) is 2. The third-order valence-corrected chi connectivity index (χ3v) is 18.5. The summed E-state index contributed by atoms with van der Waals surface area (Å²) in [5.41, 5.74) is 10.8. The van der Waals surface area contributed by atoms with E-state index in [0.717, 1.165) is 50.2 Å². The van der Waals surface area contributed by atoms with Crippen molar-refractivity contribution in [3.8, 4) is 28.1 Å². The molecule has 4 N–H and O–H groups in total. The topological polar surface area (TPSA) is 229 Å². The highest BCUT2D eigenvalue weighted by atomic mass is 16.5. The van der Waals surface area contributed by atoms with E-state index < -0.39 is 89.5 Å². The molecule has 2 aromatic heterocycles. The molecule has 0 spiro atoms. The summed E-state index contributed by atoms with van der Waals surface area (Å²) >= 11 is 0. The number of phenolic OH excluding ortho intramolecular Hbond substituents is 1. The van der Waals surface area contributed by atoms with E-state index in [1.165, 1.54) is 21.9 Å². The largest absolute Gasteiger partial charge is 0.508 e. The number of carbonyl (C=O) groups is 6. The van der Waals surface area contributed by atoms with Crippen LogP contribution >= 0.6 is 0 Å². The van der Waals surface area contributed by atoms with Crippen molar-refractivity contribution in [1.82, 2.24) is 40.0 Å². The van der Waals surface area contributed by atoms with E-state index in [2.05, 4.69) is 65.8 Å². The third-order valence-electron chi connectivity index (χ3n) is 18.5. The van der Waals surface area contributed by atoms with Gasteiger partial charge in [0.1, 0.15) is 36.6 Å². The van der Waals surface area contributed by atoms with Crippen LogP contribution in [0.25, 0.3) is 33.3 Å². The molecule has 83 heavy (non-hydrogen) atoms. The van der Waals surface area contributed by atoms with Crippen molar-refractivity contribution in [3.63, 3.8) is 0 Å². The van der Waals surface area contributed by atoms with Crippen molar-refractivity contribution in [1.29, 1.82) is 0 Å². The summed E-state index contributed by atoms with van der Waals surface area (Å²) in [7, 11) is 4.61. The molecule has 20 nitrogen and oxygen atoms in total. The lowest BCUT2D eigenvalue weighted by molar-refractivity contribution is -0.157. The van der Waals surface area contributed by atoms with E-state index in [1.54, 1.807) is 44.2 Å². The maximum atomic E-state index is 15.3. The molecule has 5 aromatic rings. The van der Waals surface area contributed by atoms with E-state index in [1.807, 2.05) is 48.7 Å². The molecule has 6 aliphatic rings. The zero-order valence-corrected chi connectivity index (χ0v) is 48.2. The number of hydrazine groups is 1. The number of rotatable bonds is 11. The summed E-state index contributed by atoms with van der Waals surface area (Å²) < 4.78 is 20.3. The molecule has 6 bridgehead atoms. The standard InChI is InChI=1S/C63H75N9O11/c1-9-35(3)55(67(6)59(77)47-32-70(50(75)33-73)31-46(47)37-14-12-11-13-15-37)58(76)65-48-24-36-22-39(25-42(74)23-36)38-16-17-49-44(26-38)51-52(63(4,5)34-83-61(79)54-43-27-40(43)30-72(66-54)60(48)78)57(81-7)53-45(56(51)71(49)10-2)28-41(29-64-53)68-18-20-69(21-19-68)62(80)82-8/h9,11-17,22-23,25-26,28-29,35,40,43,46-48,52,54-55,57,66,73-74H,1,10,18-21,24,27,30-34H2,2-8H3,(H,65,76)/t35-,40?,43+,46-,47-,48+,52?,54+,55+,57+/m1/s1. The molecule has 11 rings (SSSR count). The van der Waals surface area contributed by atoms with Gasteiger partial charge in [0.15, 0.2) is 0 Å². The van der Waals surface area contributed by atoms with Crippen LogP contribution < -0.4 is 15.6 Å². The molecule has 438 valence electrons. The number of piperazine rings is 1. The van der Waals surface area contributed by atoms with Crippen LogP contribution in [-0.4, -0.2) is 174 Å². The van der Waals surface area contributed by atoms with Crippen molar-refractivity contribution >= 4 is 52.3 Å². The van der Waals surface area contributed by atoms with Gasteiger partial charge in [0.2, 0.25) is 17.7 Å². The second-order valence-corrected chi connectivity index (χ2v) is 24.0. The molecule has 0 radical (unpaired) electrons. The van der Waals surface area contributed by atoms with Crippen molar-refractivity contribution in [2.24, 2.45) is 29.1 Å². The number of amides is 5. The van der Waals surface area contributed by atoms with Crippen LogP contribution in [0.2, 0.25) is 0 Å². The molecule has 4 fully saturated rings. The number of fused-ring (bicyclic) bond motifs is 10. The number of hydrogen-bond acceptors (Lipinski definition) is 14. The number of esters is 1. The molecule has 10 atom stereocenters. The number of aliphatic hydroxyl groups is 1. The number of cyclic esters (lactones) is 1. The molecule has 5 amide bonds. The van der Waals surface area contributed by atoms with Gasteiger partial charge in [-0.3, -0.25) is 34.0 Å². The Hall–Kier alpha value is -7.81. The quantitative estimate of drug-likeness (QED) is 0.0931. The minimum atomic E-state index is -1.27. The second kappa shape index (κ2) is 22.7. The molecule has 2 aliphatic carbocycles. The number of hydrogen-bond donors (Lipinski definition) is 4. The zero-order chi connectivity index (χ0) is 58.8. The Morgan fingerprint density at radius 2 is 1.73 bits per heavy atom. The number of aromatic nitrogens is 2. The minimum Gasteiger partial charge on any atom is -0.508 e. The number of anilines is 1. The highest BCUT2D eigenvalue weighted by molar-refractivity contribution is 5.98. The molecule has 20 heteroatoms. The molecular formula is C63H75N9O11. The normalized spacial score (nSPS) is 25.3. The second-order valence-electron chi connectivity index (χ2n) is 24.0. The number of carbonyl (C=O) groups excluding carboxylic acids is 6. The maximum absolute atomic E-state index is 15.3. The number of phenols is 1. The van der Waals surface area contributed by atoms with Crippen LogP contribution in [0.3, 0.4) is 0 Å². The summed E-state index contributed by atoms with van der Waals surface area (Å²) in [6, 6.07) is 19.6. The van der Waals surface area contributed by atoms with Gasteiger partial charge in [-0.05, 0) is 83.3 Å². The van der Waals surface area contributed by atoms with E-state index in [0.29, 0.717) is 50.3 Å². The summed E-state index contributed by atoms with van der Waals surface area (Å²) in [4.78, 5) is 97.3. The molecule has 2 unspecified atom stereocenters. The molecule has 4 aliphatic heterocycles. The number of pyridine rings is 1. The predicted octanol–water partition coefficient (Wildman–Crippen LogP) is 5.61. The average molecular weight is 1130 g/mol. The fraction of sp³-hybridized carbons (Fsp3) is 0.476. The summed E-state index contributed by atoms with van der Waals surface area (Å²) in [6.45, 7) is 14.5. The van der Waals surface area contributed by atoms with Crippen LogP contribution in [0.15, 0.2) is 91.6 Å². The highest BCUT2D eigenvalue weighted by Gasteiger charge is 2.54. The summed E-state index contributed by atoms with van der Waals surface area (Å²) in [6.07, 6.45) is 3.10. The fourth-order valence-electron chi connectivity index (χ4n) is 14.0. The van der Waals surface area contributed by atoms with Crippen molar-refractivity contribution in [3.05, 3.63) is 114 Å². The predicted molar refractivity (Wildman–Crippen MR) is 309 cm³/mol. The van der Waals surface area contributed by atoms with Gasteiger partial charge in [-0.2, -0.15) is 0 Å². The first-order valence-electron chi connectivity index (χ1n) is 28.9. The van der Waals surface area contributed by atoms with Crippen LogP contribution in [0.4, 0.5) is 10.5 Å². The van der Waals surface area contributed by atoms with Crippen LogP contribution in [-0.2, 0) is 51.1 Å². The smallest absolute Gasteiger partial charge is 0.409 e. The van der Waals surface area contributed by atoms with Gasteiger partial charge < -0.3 is 53.9 Å².